The molecule has 6 heteroatoms. The summed E-state index contributed by atoms with van der Waals surface area (Å²) in [5, 5.41) is 9.17. The summed E-state index contributed by atoms with van der Waals surface area (Å²) in [6.07, 6.45) is 0. The van der Waals surface area contributed by atoms with Crippen LogP contribution in [0.25, 0.3) is 0 Å². The maximum Gasteiger partial charge on any atom is 0.339 e. The minimum absolute atomic E-state index is 0.147. The Kier molecular flexibility index (Phi) is 4.20. The molecular formula is C14H9ClF2O3. The Morgan fingerprint density at radius 2 is 1.95 bits per heavy atom. The van der Waals surface area contributed by atoms with Gasteiger partial charge in [-0.3, -0.25) is 0 Å². The van der Waals surface area contributed by atoms with E-state index >= 15 is 0 Å². The van der Waals surface area contributed by atoms with Gasteiger partial charge in [0.25, 0.3) is 0 Å². The number of ether oxygens (including phenoxy) is 1. The van der Waals surface area contributed by atoms with Crippen LogP contribution in [0, 0.1) is 11.6 Å². The molecule has 0 saturated carbocycles. The number of carboxylic acids is 1. The van der Waals surface area contributed by atoms with E-state index in [0.29, 0.717) is 0 Å². The molecule has 0 spiro atoms. The molecule has 0 aliphatic carbocycles. The number of rotatable bonds is 4. The van der Waals surface area contributed by atoms with Gasteiger partial charge in [0.15, 0.2) is 11.6 Å². The summed E-state index contributed by atoms with van der Waals surface area (Å²) in [5.74, 6) is -3.17. The van der Waals surface area contributed by atoms with E-state index < -0.39 is 23.4 Å². The van der Waals surface area contributed by atoms with Crippen molar-refractivity contribution in [3.05, 3.63) is 64.2 Å². The van der Waals surface area contributed by atoms with Crippen molar-refractivity contribution in [2.75, 3.05) is 0 Å². The molecule has 0 amide bonds. The highest BCUT2D eigenvalue weighted by Gasteiger charge is 2.16. The molecular weight excluding hydrogens is 290 g/mol. The molecule has 0 aromatic heterocycles. The van der Waals surface area contributed by atoms with E-state index in [0.717, 1.165) is 12.1 Å². The van der Waals surface area contributed by atoms with Crippen LogP contribution in [-0.2, 0) is 6.61 Å². The fourth-order valence-corrected chi connectivity index (χ4v) is 1.77. The Morgan fingerprint density at radius 3 is 2.60 bits per heavy atom. The van der Waals surface area contributed by atoms with Crippen LogP contribution in [0.2, 0.25) is 5.02 Å². The number of carbonyl (C=O) groups is 1. The molecule has 0 aliphatic heterocycles. The van der Waals surface area contributed by atoms with E-state index in [1.54, 1.807) is 0 Å². The van der Waals surface area contributed by atoms with Crippen molar-refractivity contribution in [3.8, 4) is 5.75 Å². The molecule has 20 heavy (non-hydrogen) atoms. The lowest BCUT2D eigenvalue weighted by atomic mass is 10.2. The summed E-state index contributed by atoms with van der Waals surface area (Å²) in [6.45, 7) is -0.301. The molecule has 2 rings (SSSR count). The van der Waals surface area contributed by atoms with Crippen LogP contribution in [0.5, 0.6) is 5.75 Å². The van der Waals surface area contributed by atoms with Crippen molar-refractivity contribution in [3.63, 3.8) is 0 Å². The Morgan fingerprint density at radius 1 is 1.20 bits per heavy atom. The van der Waals surface area contributed by atoms with Crippen LogP contribution in [0.3, 0.4) is 0 Å². The zero-order chi connectivity index (χ0) is 14.7. The largest absolute Gasteiger partial charge is 0.485 e. The van der Waals surface area contributed by atoms with Crippen molar-refractivity contribution >= 4 is 17.6 Å². The first-order chi connectivity index (χ1) is 9.49. The number of halogens is 3. The highest BCUT2D eigenvalue weighted by atomic mass is 35.5. The van der Waals surface area contributed by atoms with E-state index in [1.165, 1.54) is 24.3 Å². The second-order valence-corrected chi connectivity index (χ2v) is 4.38. The van der Waals surface area contributed by atoms with Crippen LogP contribution < -0.4 is 4.74 Å². The third kappa shape index (κ3) is 3.05. The molecule has 0 heterocycles. The van der Waals surface area contributed by atoms with E-state index in [9.17, 15) is 13.6 Å². The van der Waals surface area contributed by atoms with E-state index in [4.69, 9.17) is 21.4 Å². The van der Waals surface area contributed by atoms with E-state index in [1.807, 2.05) is 0 Å². The van der Waals surface area contributed by atoms with Gasteiger partial charge in [-0.15, -0.1) is 0 Å². The summed E-state index contributed by atoms with van der Waals surface area (Å²) in [7, 11) is 0. The van der Waals surface area contributed by atoms with Crippen molar-refractivity contribution < 1.29 is 23.4 Å². The van der Waals surface area contributed by atoms with Gasteiger partial charge in [0.2, 0.25) is 0 Å². The molecule has 0 radical (unpaired) electrons. The zero-order valence-corrected chi connectivity index (χ0v) is 10.8. The Balaban J connectivity index is 2.25. The van der Waals surface area contributed by atoms with Gasteiger partial charge in [-0.2, -0.15) is 0 Å². The molecule has 0 fully saturated rings. The second kappa shape index (κ2) is 5.88. The van der Waals surface area contributed by atoms with Gasteiger partial charge >= 0.3 is 5.97 Å². The summed E-state index contributed by atoms with van der Waals surface area (Å²) in [4.78, 5) is 11.0. The predicted octanol–water partition coefficient (Wildman–Crippen LogP) is 3.90. The number of hydrogen-bond acceptors (Lipinski definition) is 2. The molecule has 0 bridgehead atoms. The molecule has 0 saturated heterocycles. The Bertz CT molecular complexity index is 659. The third-order valence-corrected chi connectivity index (χ3v) is 2.82. The predicted molar refractivity (Wildman–Crippen MR) is 69.1 cm³/mol. The Labute approximate surface area is 118 Å². The van der Waals surface area contributed by atoms with Gasteiger partial charge in [0, 0.05) is 10.6 Å². The molecule has 104 valence electrons. The molecule has 0 atom stereocenters. The number of benzene rings is 2. The second-order valence-electron chi connectivity index (χ2n) is 3.95. The zero-order valence-electron chi connectivity index (χ0n) is 10.1. The van der Waals surface area contributed by atoms with Gasteiger partial charge in [-0.1, -0.05) is 23.7 Å². The normalized spacial score (nSPS) is 10.3. The quantitative estimate of drug-likeness (QED) is 0.931. The molecule has 2 aromatic carbocycles. The maximum atomic E-state index is 13.6. The summed E-state index contributed by atoms with van der Waals surface area (Å²) < 4.78 is 32.2. The van der Waals surface area contributed by atoms with Crippen LogP contribution in [0.15, 0.2) is 36.4 Å². The number of para-hydroxylation sites is 1. The molecule has 1 N–H and O–H groups in total. The van der Waals surface area contributed by atoms with Gasteiger partial charge in [0.1, 0.15) is 18.0 Å². The summed E-state index contributed by atoms with van der Waals surface area (Å²) in [5.41, 5.74) is -0.173. The van der Waals surface area contributed by atoms with Crippen molar-refractivity contribution in [2.45, 2.75) is 6.61 Å². The Hall–Kier alpha value is -2.14. The number of hydrogen-bond donors (Lipinski definition) is 1. The van der Waals surface area contributed by atoms with E-state index in [2.05, 4.69) is 0 Å². The highest BCUT2D eigenvalue weighted by molar-refractivity contribution is 6.30. The number of carboxylic acid groups (broad SMARTS) is 1. The topological polar surface area (TPSA) is 46.5 Å². The summed E-state index contributed by atoms with van der Waals surface area (Å²) in [6, 6.07) is 7.48. The average molecular weight is 299 g/mol. The summed E-state index contributed by atoms with van der Waals surface area (Å²) >= 11 is 5.61. The molecule has 2 aromatic rings. The third-order valence-electron chi connectivity index (χ3n) is 2.58. The monoisotopic (exact) mass is 298 g/mol. The van der Waals surface area contributed by atoms with Crippen molar-refractivity contribution in [1.82, 2.24) is 0 Å². The first-order valence-corrected chi connectivity index (χ1v) is 5.95. The van der Waals surface area contributed by atoms with Crippen LogP contribution in [0.4, 0.5) is 8.78 Å². The van der Waals surface area contributed by atoms with Crippen LogP contribution >= 0.6 is 11.6 Å². The van der Waals surface area contributed by atoms with Gasteiger partial charge in [0.05, 0.1) is 0 Å². The lowest BCUT2D eigenvalue weighted by Crippen LogP contribution is -2.06. The van der Waals surface area contributed by atoms with Crippen LogP contribution in [-0.4, -0.2) is 11.1 Å². The van der Waals surface area contributed by atoms with Crippen molar-refractivity contribution in [1.29, 1.82) is 0 Å². The molecule has 0 aliphatic rings. The lowest BCUT2D eigenvalue weighted by molar-refractivity contribution is 0.0690. The minimum Gasteiger partial charge on any atom is -0.485 e. The fraction of sp³-hybridized carbons (Fsp3) is 0.0714. The van der Waals surface area contributed by atoms with Crippen molar-refractivity contribution in [2.24, 2.45) is 0 Å². The first kappa shape index (κ1) is 14.3. The average Bonchev–Trinajstić information content (AvgIpc) is 2.38. The maximum absolute atomic E-state index is 13.6. The minimum atomic E-state index is -1.32. The van der Waals surface area contributed by atoms with Gasteiger partial charge in [-0.05, 0) is 24.3 Å². The van der Waals surface area contributed by atoms with Crippen LogP contribution in [0.1, 0.15) is 15.9 Å². The van der Waals surface area contributed by atoms with E-state index in [-0.39, 0.29) is 22.8 Å². The lowest BCUT2D eigenvalue weighted by Gasteiger charge is -2.10. The number of aromatic carboxylic acids is 1. The molecule has 3 nitrogen and oxygen atoms in total. The van der Waals surface area contributed by atoms with Gasteiger partial charge in [-0.25, -0.2) is 13.6 Å². The fourth-order valence-electron chi connectivity index (χ4n) is 1.61. The van der Waals surface area contributed by atoms with Gasteiger partial charge < -0.3 is 9.84 Å². The SMILES string of the molecule is O=C(O)c1cccc(F)c1OCc1ccc(Cl)cc1F. The highest BCUT2D eigenvalue weighted by Crippen LogP contribution is 2.24. The standard InChI is InChI=1S/C14H9ClF2O3/c15-9-5-4-8(12(17)6-9)7-20-13-10(14(18)19)2-1-3-11(13)16/h1-6H,7H2,(H,18,19). The molecule has 0 unspecified atom stereocenters. The first-order valence-electron chi connectivity index (χ1n) is 5.57. The smallest absolute Gasteiger partial charge is 0.339 e.